The molecule has 0 radical (unpaired) electrons. The summed E-state index contributed by atoms with van der Waals surface area (Å²) in [6.07, 6.45) is 14.0. The van der Waals surface area contributed by atoms with Gasteiger partial charge in [-0.1, -0.05) is 37.6 Å². The van der Waals surface area contributed by atoms with E-state index in [9.17, 15) is 19.5 Å². The van der Waals surface area contributed by atoms with E-state index in [0.29, 0.717) is 32.5 Å². The summed E-state index contributed by atoms with van der Waals surface area (Å²) in [4.78, 5) is 45.0. The Bertz CT molecular complexity index is 845. The Kier molecular flexibility index (Phi) is 8.08. The first-order chi connectivity index (χ1) is 16.5. The van der Waals surface area contributed by atoms with Gasteiger partial charge in [0.1, 0.15) is 6.04 Å². The fourth-order valence-corrected chi connectivity index (χ4v) is 8.04. The molecule has 4 rings (SSSR count). The van der Waals surface area contributed by atoms with Crippen LogP contribution in [0.3, 0.4) is 0 Å². The maximum Gasteiger partial charge on any atom is 0.311 e. The van der Waals surface area contributed by atoms with Crippen LogP contribution in [-0.2, 0) is 19.1 Å². The van der Waals surface area contributed by atoms with Gasteiger partial charge < -0.3 is 19.6 Å². The van der Waals surface area contributed by atoms with Crippen LogP contribution in [0.15, 0.2) is 24.3 Å². The summed E-state index contributed by atoms with van der Waals surface area (Å²) < 4.78 is 4.85. The molecule has 188 valence electrons. The Hall–Kier alpha value is -1.80. The van der Waals surface area contributed by atoms with Crippen LogP contribution in [0, 0.1) is 11.8 Å². The number of carbonyl (C=O) groups excluding carboxylic acids is 3. The smallest absolute Gasteiger partial charge is 0.311 e. The highest BCUT2D eigenvalue weighted by atomic mass is 32.2. The van der Waals surface area contributed by atoms with Gasteiger partial charge in [-0.05, 0) is 45.4 Å². The van der Waals surface area contributed by atoms with Crippen LogP contribution < -0.4 is 0 Å². The van der Waals surface area contributed by atoms with Gasteiger partial charge in [0.2, 0.25) is 11.8 Å². The van der Waals surface area contributed by atoms with Gasteiger partial charge in [0.05, 0.1) is 23.2 Å². The van der Waals surface area contributed by atoms with Crippen molar-refractivity contribution in [2.45, 2.75) is 80.9 Å². The molecule has 2 saturated heterocycles. The Balaban J connectivity index is 1.76. The summed E-state index contributed by atoms with van der Waals surface area (Å²) in [5.74, 6) is -1.71. The molecule has 34 heavy (non-hydrogen) atoms. The number of hydrogen-bond acceptors (Lipinski definition) is 6. The third kappa shape index (κ3) is 4.43. The fraction of sp³-hybridized carbons (Fsp3) is 0.731. The first-order valence-electron chi connectivity index (χ1n) is 12.9. The van der Waals surface area contributed by atoms with Crippen LogP contribution in [0.2, 0.25) is 0 Å². The van der Waals surface area contributed by atoms with Crippen LogP contribution in [0.1, 0.15) is 58.8 Å². The quantitative estimate of drug-likeness (QED) is 0.335. The number of aliphatic hydroxyl groups is 1. The zero-order valence-corrected chi connectivity index (χ0v) is 21.2. The number of amides is 2. The van der Waals surface area contributed by atoms with E-state index in [1.165, 1.54) is 0 Å². The summed E-state index contributed by atoms with van der Waals surface area (Å²) in [5, 5.41) is 9.11. The minimum Gasteiger partial charge on any atom is -0.465 e. The standard InChI is InChI=1S/C26H38N2O5S/c1-3-11-18(2)27-15-10-13-26-21(23(30)28(14-7-8-16-29)22(26)24(27)31)20-19(34-26)12-6-4-5-9-17-33-25(20)32/h6,10,12-13,18-22,29H,3-5,7-9,11,14-17H2,1-2H3/b12-6-/t18?,19-,20+,21-,22?,26-/m0/s1. The summed E-state index contributed by atoms with van der Waals surface area (Å²) in [6, 6.07) is -0.576. The van der Waals surface area contributed by atoms with Crippen molar-refractivity contribution in [3.63, 3.8) is 0 Å². The molecule has 0 aromatic heterocycles. The predicted molar refractivity (Wildman–Crippen MR) is 132 cm³/mol. The van der Waals surface area contributed by atoms with E-state index in [4.69, 9.17) is 4.74 Å². The molecule has 7 nitrogen and oxygen atoms in total. The van der Waals surface area contributed by atoms with Crippen molar-refractivity contribution in [1.29, 1.82) is 0 Å². The van der Waals surface area contributed by atoms with Gasteiger partial charge in [-0.3, -0.25) is 14.4 Å². The topological polar surface area (TPSA) is 87.2 Å². The number of thioether (sulfide) groups is 1. The van der Waals surface area contributed by atoms with Crippen LogP contribution in [0.25, 0.3) is 0 Å². The van der Waals surface area contributed by atoms with Crippen LogP contribution >= 0.6 is 11.8 Å². The highest BCUT2D eigenvalue weighted by Crippen LogP contribution is 2.60. The molecular formula is C26H38N2O5S. The van der Waals surface area contributed by atoms with Crippen LogP contribution in [-0.4, -0.2) is 81.1 Å². The van der Waals surface area contributed by atoms with Crippen molar-refractivity contribution in [3.8, 4) is 0 Å². The number of hydrogen-bond donors (Lipinski definition) is 1. The number of nitrogens with zero attached hydrogens (tertiary/aromatic N) is 2. The van der Waals surface area contributed by atoms with E-state index in [-0.39, 0.29) is 35.7 Å². The van der Waals surface area contributed by atoms with Crippen molar-refractivity contribution in [1.82, 2.24) is 9.80 Å². The summed E-state index contributed by atoms with van der Waals surface area (Å²) >= 11 is 1.60. The molecule has 8 heteroatoms. The fourth-order valence-electron chi connectivity index (χ4n) is 6.04. The molecule has 1 N–H and O–H groups in total. The monoisotopic (exact) mass is 490 g/mol. The Morgan fingerprint density at radius 1 is 1.21 bits per heavy atom. The van der Waals surface area contributed by atoms with Gasteiger partial charge in [0.15, 0.2) is 0 Å². The molecule has 6 atom stereocenters. The summed E-state index contributed by atoms with van der Waals surface area (Å²) in [6.45, 7) is 5.51. The third-order valence-electron chi connectivity index (χ3n) is 7.68. The average Bonchev–Trinajstić information content (AvgIpc) is 3.19. The molecule has 2 fully saturated rings. The molecule has 4 heterocycles. The lowest BCUT2D eigenvalue weighted by Gasteiger charge is -2.37. The molecule has 4 aliphatic rings. The second-order valence-corrected chi connectivity index (χ2v) is 11.4. The zero-order valence-electron chi connectivity index (χ0n) is 20.4. The first-order valence-corrected chi connectivity index (χ1v) is 13.7. The van der Waals surface area contributed by atoms with Gasteiger partial charge in [0, 0.05) is 31.0 Å². The van der Waals surface area contributed by atoms with Gasteiger partial charge in [-0.25, -0.2) is 0 Å². The number of allylic oxidation sites excluding steroid dienone is 1. The number of fused-ring (bicyclic) bond motifs is 2. The molecule has 2 amide bonds. The van der Waals surface area contributed by atoms with E-state index in [0.717, 1.165) is 32.1 Å². The second kappa shape index (κ2) is 10.9. The van der Waals surface area contributed by atoms with Gasteiger partial charge >= 0.3 is 5.97 Å². The normalized spacial score (nSPS) is 35.3. The van der Waals surface area contributed by atoms with Crippen molar-refractivity contribution in [3.05, 3.63) is 24.3 Å². The van der Waals surface area contributed by atoms with Gasteiger partial charge in [0.25, 0.3) is 0 Å². The lowest BCUT2D eigenvalue weighted by molar-refractivity contribution is -0.153. The Labute approximate surface area is 206 Å². The molecule has 2 unspecified atom stereocenters. The van der Waals surface area contributed by atoms with Crippen LogP contribution in [0.4, 0.5) is 0 Å². The average molecular weight is 491 g/mol. The lowest BCUT2D eigenvalue weighted by Crippen LogP contribution is -2.55. The number of rotatable bonds is 7. The highest BCUT2D eigenvalue weighted by molar-refractivity contribution is 8.02. The predicted octanol–water partition coefficient (Wildman–Crippen LogP) is 2.93. The molecular weight excluding hydrogens is 452 g/mol. The summed E-state index contributed by atoms with van der Waals surface area (Å²) in [5.41, 5.74) is 0. The Morgan fingerprint density at radius 2 is 2.03 bits per heavy atom. The maximum absolute atomic E-state index is 14.1. The Morgan fingerprint density at radius 3 is 2.79 bits per heavy atom. The largest absolute Gasteiger partial charge is 0.465 e. The molecule has 0 bridgehead atoms. The van der Waals surface area contributed by atoms with Crippen molar-refractivity contribution in [2.24, 2.45) is 11.8 Å². The van der Waals surface area contributed by atoms with Gasteiger partial charge in [-0.15, -0.1) is 11.8 Å². The number of unbranched alkanes of at least 4 members (excludes halogenated alkanes) is 1. The summed E-state index contributed by atoms with van der Waals surface area (Å²) in [7, 11) is 0. The molecule has 0 saturated carbocycles. The van der Waals surface area contributed by atoms with Crippen molar-refractivity contribution < 1.29 is 24.2 Å². The minimum atomic E-state index is -0.791. The molecule has 1 spiro atoms. The van der Waals surface area contributed by atoms with E-state index in [1.54, 1.807) is 16.7 Å². The SMILES string of the molecule is CCCC(C)N1CC=C[C@]23S[C@H]4/C=C\CCCCOC(=O)[C@H]4[C@H]2C(=O)N(CCCCO)C3C1=O. The van der Waals surface area contributed by atoms with E-state index < -0.39 is 22.6 Å². The number of cyclic esters (lactones) is 1. The number of likely N-dealkylation sites (tertiary alicyclic amines) is 1. The van der Waals surface area contributed by atoms with E-state index in [2.05, 4.69) is 32.1 Å². The van der Waals surface area contributed by atoms with Gasteiger partial charge in [-0.2, -0.15) is 0 Å². The number of aliphatic hydroxyl groups excluding tert-OH is 1. The number of carbonyl (C=O) groups is 3. The molecule has 0 aliphatic carbocycles. The highest BCUT2D eigenvalue weighted by Gasteiger charge is 2.70. The van der Waals surface area contributed by atoms with E-state index >= 15 is 0 Å². The lowest BCUT2D eigenvalue weighted by atomic mass is 9.78. The second-order valence-electron chi connectivity index (χ2n) is 9.93. The number of esters is 1. The van der Waals surface area contributed by atoms with Crippen molar-refractivity contribution >= 4 is 29.5 Å². The minimum absolute atomic E-state index is 0.0284. The third-order valence-corrected chi connectivity index (χ3v) is 9.42. The molecule has 0 aromatic rings. The first kappa shape index (κ1) is 25.3. The van der Waals surface area contributed by atoms with Crippen LogP contribution in [0.5, 0.6) is 0 Å². The zero-order chi connectivity index (χ0) is 24.3. The maximum atomic E-state index is 14.1. The molecule has 0 aromatic carbocycles. The number of ether oxygens (including phenoxy) is 1. The van der Waals surface area contributed by atoms with E-state index in [1.807, 2.05) is 11.0 Å². The van der Waals surface area contributed by atoms with Crippen molar-refractivity contribution in [2.75, 3.05) is 26.3 Å². The molecule has 4 aliphatic heterocycles.